The molecule has 1 aromatic heterocycles. The number of hydrogen-bond donors (Lipinski definition) is 2. The van der Waals surface area contributed by atoms with Crippen molar-refractivity contribution in [2.45, 2.75) is 25.3 Å². The van der Waals surface area contributed by atoms with Gasteiger partial charge in [0.05, 0.1) is 11.6 Å². The van der Waals surface area contributed by atoms with Gasteiger partial charge in [-0.25, -0.2) is 4.39 Å². The van der Waals surface area contributed by atoms with Crippen LogP contribution in [0.2, 0.25) is 10.0 Å². The number of nitrogens with two attached hydrogens (primary N) is 1. The summed E-state index contributed by atoms with van der Waals surface area (Å²) in [5.41, 5.74) is 6.31. The van der Waals surface area contributed by atoms with Gasteiger partial charge in [-0.1, -0.05) is 23.2 Å². The standard InChI is InChI=1S/C18H19Cl2FN4O3/c19-12-1-2-13(21)16(20)11(12)5-8-28-15-9-14(24-25-17(15)22)18(26)23-10-3-6-27-7-4-10/h1-2,9-10H,3-8H2,(H2,22,25)(H,23,26). The number of aromatic nitrogens is 2. The van der Waals surface area contributed by atoms with Gasteiger partial charge in [-0.3, -0.25) is 4.79 Å². The van der Waals surface area contributed by atoms with E-state index in [0.717, 1.165) is 12.8 Å². The van der Waals surface area contributed by atoms with Gasteiger partial charge in [0.1, 0.15) is 5.82 Å². The SMILES string of the molecule is Nc1nnc(C(=O)NC2CCOCC2)cc1OCCc1c(Cl)ccc(F)c1Cl. The number of amides is 1. The molecule has 1 amide bonds. The molecular formula is C18H19Cl2FN4O3. The average Bonchev–Trinajstić information content (AvgIpc) is 2.69. The largest absolute Gasteiger partial charge is 0.489 e. The highest BCUT2D eigenvalue weighted by Crippen LogP contribution is 2.28. The van der Waals surface area contributed by atoms with Crippen molar-refractivity contribution in [3.63, 3.8) is 0 Å². The number of nitrogens with one attached hydrogen (secondary N) is 1. The average molecular weight is 429 g/mol. The van der Waals surface area contributed by atoms with Crippen LogP contribution in [0.25, 0.3) is 0 Å². The number of ether oxygens (including phenoxy) is 2. The lowest BCUT2D eigenvalue weighted by Crippen LogP contribution is -2.39. The highest BCUT2D eigenvalue weighted by molar-refractivity contribution is 6.36. The second-order valence-corrected chi connectivity index (χ2v) is 7.04. The molecule has 0 unspecified atom stereocenters. The van der Waals surface area contributed by atoms with Gasteiger partial charge in [0.2, 0.25) is 0 Å². The Morgan fingerprint density at radius 1 is 1.32 bits per heavy atom. The van der Waals surface area contributed by atoms with E-state index < -0.39 is 5.82 Å². The minimum Gasteiger partial charge on any atom is -0.489 e. The lowest BCUT2D eigenvalue weighted by Gasteiger charge is -2.22. The molecule has 3 N–H and O–H groups in total. The first kappa shape index (κ1) is 20.6. The molecule has 7 nitrogen and oxygen atoms in total. The van der Waals surface area contributed by atoms with E-state index in [1.807, 2.05) is 0 Å². The first-order valence-electron chi connectivity index (χ1n) is 8.72. The molecule has 0 atom stereocenters. The lowest BCUT2D eigenvalue weighted by molar-refractivity contribution is 0.0693. The topological polar surface area (TPSA) is 99.4 Å². The lowest BCUT2D eigenvalue weighted by atomic mass is 10.1. The molecule has 1 fully saturated rings. The molecule has 0 bridgehead atoms. The fraction of sp³-hybridized carbons (Fsp3) is 0.389. The van der Waals surface area contributed by atoms with Gasteiger partial charge in [0.25, 0.3) is 5.91 Å². The Kier molecular flexibility index (Phi) is 6.88. The summed E-state index contributed by atoms with van der Waals surface area (Å²) in [4.78, 5) is 12.4. The molecule has 0 aliphatic carbocycles. The summed E-state index contributed by atoms with van der Waals surface area (Å²) in [6.07, 6.45) is 1.74. The van der Waals surface area contributed by atoms with Crippen molar-refractivity contribution in [2.24, 2.45) is 0 Å². The zero-order valence-corrected chi connectivity index (χ0v) is 16.4. The van der Waals surface area contributed by atoms with Gasteiger partial charge in [0.15, 0.2) is 17.3 Å². The van der Waals surface area contributed by atoms with E-state index >= 15 is 0 Å². The molecule has 10 heteroatoms. The normalized spacial score (nSPS) is 14.7. The molecule has 2 aromatic rings. The summed E-state index contributed by atoms with van der Waals surface area (Å²) < 4.78 is 24.5. The predicted octanol–water partition coefficient (Wildman–Crippen LogP) is 3.04. The smallest absolute Gasteiger partial charge is 0.272 e. The third-order valence-electron chi connectivity index (χ3n) is 4.32. The van der Waals surface area contributed by atoms with E-state index in [1.54, 1.807) is 0 Å². The fourth-order valence-corrected chi connectivity index (χ4v) is 3.33. The van der Waals surface area contributed by atoms with Gasteiger partial charge in [0, 0.05) is 36.8 Å². The highest BCUT2D eigenvalue weighted by atomic mass is 35.5. The van der Waals surface area contributed by atoms with E-state index in [1.165, 1.54) is 18.2 Å². The molecule has 0 radical (unpaired) electrons. The molecule has 3 rings (SSSR count). The number of anilines is 1. The summed E-state index contributed by atoms with van der Waals surface area (Å²) in [6.45, 7) is 1.33. The van der Waals surface area contributed by atoms with Crippen LogP contribution in [0.1, 0.15) is 28.9 Å². The maximum absolute atomic E-state index is 13.6. The van der Waals surface area contributed by atoms with E-state index in [4.69, 9.17) is 38.4 Å². The van der Waals surface area contributed by atoms with Crippen LogP contribution in [0.5, 0.6) is 5.75 Å². The number of carbonyl (C=O) groups is 1. The molecule has 150 valence electrons. The molecule has 2 heterocycles. The van der Waals surface area contributed by atoms with Crippen LogP contribution >= 0.6 is 23.2 Å². The number of nitrogens with zero attached hydrogens (tertiary/aromatic N) is 2. The second-order valence-electron chi connectivity index (χ2n) is 6.26. The van der Waals surface area contributed by atoms with Crippen LogP contribution in [0, 0.1) is 5.82 Å². The van der Waals surface area contributed by atoms with Gasteiger partial charge in [-0.2, -0.15) is 0 Å². The predicted molar refractivity (Wildman–Crippen MR) is 103 cm³/mol. The van der Waals surface area contributed by atoms with Gasteiger partial charge >= 0.3 is 0 Å². The second kappa shape index (κ2) is 9.36. The van der Waals surface area contributed by atoms with Crippen molar-refractivity contribution < 1.29 is 18.7 Å². The Morgan fingerprint density at radius 2 is 2.07 bits per heavy atom. The first-order chi connectivity index (χ1) is 13.5. The minimum atomic E-state index is -0.557. The summed E-state index contributed by atoms with van der Waals surface area (Å²) in [5.74, 6) is -0.673. The number of hydrogen-bond acceptors (Lipinski definition) is 6. The van der Waals surface area contributed by atoms with E-state index in [0.29, 0.717) is 23.8 Å². The molecular weight excluding hydrogens is 410 g/mol. The Morgan fingerprint density at radius 3 is 2.82 bits per heavy atom. The van der Waals surface area contributed by atoms with Gasteiger partial charge in [-0.15, -0.1) is 10.2 Å². The quantitative estimate of drug-likeness (QED) is 0.685. The van der Waals surface area contributed by atoms with Crippen molar-refractivity contribution in [1.82, 2.24) is 15.5 Å². The number of rotatable bonds is 6. The van der Waals surface area contributed by atoms with Crippen molar-refractivity contribution in [3.05, 3.63) is 45.3 Å². The summed E-state index contributed by atoms with van der Waals surface area (Å²) in [5, 5.41) is 10.8. The monoisotopic (exact) mass is 428 g/mol. The minimum absolute atomic E-state index is 0.0298. The van der Waals surface area contributed by atoms with E-state index in [-0.39, 0.29) is 47.3 Å². The summed E-state index contributed by atoms with van der Waals surface area (Å²) >= 11 is 12.0. The molecule has 0 spiro atoms. The fourth-order valence-electron chi connectivity index (χ4n) is 2.77. The van der Waals surface area contributed by atoms with Crippen molar-refractivity contribution in [2.75, 3.05) is 25.6 Å². The summed E-state index contributed by atoms with van der Waals surface area (Å²) in [7, 11) is 0. The van der Waals surface area contributed by atoms with Crippen LogP contribution in [-0.2, 0) is 11.2 Å². The maximum Gasteiger partial charge on any atom is 0.272 e. The molecule has 1 aromatic carbocycles. The zero-order valence-electron chi connectivity index (χ0n) is 14.9. The Bertz CT molecular complexity index is 863. The number of benzene rings is 1. The third kappa shape index (κ3) is 5.01. The Labute approximate surface area is 171 Å². The zero-order chi connectivity index (χ0) is 20.1. The van der Waals surface area contributed by atoms with E-state index in [2.05, 4.69) is 15.5 Å². The maximum atomic E-state index is 13.6. The number of nitrogen functional groups attached to an aromatic ring is 1. The van der Waals surface area contributed by atoms with Gasteiger partial charge < -0.3 is 20.5 Å². The van der Waals surface area contributed by atoms with Crippen molar-refractivity contribution in [1.29, 1.82) is 0 Å². The van der Waals surface area contributed by atoms with Crippen LogP contribution in [0.15, 0.2) is 18.2 Å². The highest BCUT2D eigenvalue weighted by Gasteiger charge is 2.19. The Balaban J connectivity index is 1.63. The summed E-state index contributed by atoms with van der Waals surface area (Å²) in [6, 6.07) is 4.08. The van der Waals surface area contributed by atoms with Crippen LogP contribution in [-0.4, -0.2) is 42.0 Å². The van der Waals surface area contributed by atoms with Crippen LogP contribution in [0.3, 0.4) is 0 Å². The first-order valence-corrected chi connectivity index (χ1v) is 9.48. The molecule has 1 aliphatic rings. The number of halogens is 3. The molecule has 1 aliphatic heterocycles. The van der Waals surface area contributed by atoms with Crippen LogP contribution < -0.4 is 15.8 Å². The van der Waals surface area contributed by atoms with Crippen molar-refractivity contribution in [3.8, 4) is 5.75 Å². The Hall–Kier alpha value is -2.16. The van der Waals surface area contributed by atoms with Crippen LogP contribution in [0.4, 0.5) is 10.2 Å². The van der Waals surface area contributed by atoms with E-state index in [9.17, 15) is 9.18 Å². The molecule has 0 saturated carbocycles. The number of carbonyl (C=O) groups excluding carboxylic acids is 1. The molecule has 28 heavy (non-hydrogen) atoms. The van der Waals surface area contributed by atoms with Gasteiger partial charge in [-0.05, 0) is 30.5 Å². The third-order valence-corrected chi connectivity index (χ3v) is 5.09. The van der Waals surface area contributed by atoms with Crippen molar-refractivity contribution >= 4 is 34.9 Å². The molecule has 1 saturated heterocycles.